The van der Waals surface area contributed by atoms with Crippen LogP contribution in [-0.2, 0) is 47.7 Å². The van der Waals surface area contributed by atoms with Crippen molar-refractivity contribution >= 4 is 29.2 Å². The van der Waals surface area contributed by atoms with E-state index in [1.54, 1.807) is 35.0 Å². The van der Waals surface area contributed by atoms with Gasteiger partial charge in [-0.15, -0.1) is 0 Å². The minimum absolute atomic E-state index is 0.0302. The van der Waals surface area contributed by atoms with E-state index >= 15 is 0 Å². The zero-order valence-electron chi connectivity index (χ0n) is 40.8. The summed E-state index contributed by atoms with van der Waals surface area (Å²) in [6.45, 7) is 10.2. The van der Waals surface area contributed by atoms with Gasteiger partial charge >= 0.3 is 5.97 Å². The number of nitrogens with zero attached hydrogens (tertiary/aromatic N) is 1. The number of hydrogen-bond donors (Lipinski definition) is 4. The number of Topliss-reactive ketones (excluding diaryl/α,β-unsaturated/α-hetero) is 3. The normalized spacial score (nSPS) is 40.0. The van der Waals surface area contributed by atoms with Crippen LogP contribution in [0.25, 0.3) is 0 Å². The molecule has 2 bridgehead atoms. The molecule has 372 valence electrons. The Morgan fingerprint density at radius 1 is 0.879 bits per heavy atom. The Kier molecular flexibility index (Phi) is 21.6. The maximum absolute atomic E-state index is 14.4. The Bertz CT molecular complexity index is 1770. The third-order valence-electron chi connectivity index (χ3n) is 14.5. The highest BCUT2D eigenvalue weighted by Crippen LogP contribution is 2.38. The van der Waals surface area contributed by atoms with Crippen molar-refractivity contribution in [2.75, 3.05) is 34.5 Å². The van der Waals surface area contributed by atoms with Crippen molar-refractivity contribution in [2.24, 2.45) is 35.5 Å². The summed E-state index contributed by atoms with van der Waals surface area (Å²) in [4.78, 5) is 71.8. The van der Waals surface area contributed by atoms with Crippen LogP contribution in [0.15, 0.2) is 47.6 Å². The van der Waals surface area contributed by atoms with Gasteiger partial charge in [-0.25, -0.2) is 4.79 Å². The van der Waals surface area contributed by atoms with Gasteiger partial charge in [0.25, 0.3) is 11.7 Å². The molecule has 3 fully saturated rings. The van der Waals surface area contributed by atoms with Crippen molar-refractivity contribution in [2.45, 2.75) is 173 Å². The van der Waals surface area contributed by atoms with Crippen LogP contribution in [0.1, 0.15) is 119 Å². The number of allylic oxidation sites excluding steroid dienone is 6. The SMILES string of the molecule is CO[C@H]1C[C@@H]2CC[C@@H](C)[C@@](O)(O2)C(=O)C(=O)N2CCCC[C@H]2C(=O)O[C@H]([C@H](C)C[C@@H]2CC[C@@H](O)[C@H](OC)C2)CC(=O)[C@H](C)/C=C(\CO)[C@@H](O)[C@@H](OC)C(=O)[C@H](C)C[C@H](C)/C=C/C=C/C=C/1C. The van der Waals surface area contributed by atoms with Crippen molar-refractivity contribution < 1.29 is 68.1 Å². The maximum atomic E-state index is 14.4. The van der Waals surface area contributed by atoms with Gasteiger partial charge < -0.3 is 49.0 Å². The van der Waals surface area contributed by atoms with Crippen LogP contribution in [0.5, 0.6) is 0 Å². The molecule has 0 unspecified atom stereocenters. The molecule has 2 saturated heterocycles. The summed E-state index contributed by atoms with van der Waals surface area (Å²) in [5.41, 5.74) is 0.893. The van der Waals surface area contributed by atoms with E-state index in [-0.39, 0.29) is 60.4 Å². The molecule has 1 saturated carbocycles. The maximum Gasteiger partial charge on any atom is 0.329 e. The summed E-state index contributed by atoms with van der Waals surface area (Å²) >= 11 is 0. The van der Waals surface area contributed by atoms with E-state index in [0.29, 0.717) is 64.2 Å². The fraction of sp³-hybridized carbons (Fsp3) is 0.745. The zero-order chi connectivity index (χ0) is 48.9. The number of methoxy groups -OCH3 is 3. The average molecular weight is 930 g/mol. The van der Waals surface area contributed by atoms with Crippen LogP contribution in [0.4, 0.5) is 0 Å². The molecule has 3 heterocycles. The van der Waals surface area contributed by atoms with Crippen molar-refractivity contribution in [3.05, 3.63) is 47.6 Å². The molecule has 0 spiro atoms. The lowest BCUT2D eigenvalue weighted by atomic mass is 9.78. The van der Waals surface area contributed by atoms with Crippen molar-refractivity contribution in [1.29, 1.82) is 0 Å². The first kappa shape index (κ1) is 55.2. The molecule has 1 amide bonds. The second-order valence-corrected chi connectivity index (χ2v) is 19.6. The molecule has 3 aliphatic heterocycles. The Hall–Kier alpha value is -3.41. The molecule has 0 aromatic heterocycles. The number of ketones is 3. The third-order valence-corrected chi connectivity index (χ3v) is 14.5. The van der Waals surface area contributed by atoms with Crippen LogP contribution in [-0.4, -0.2) is 144 Å². The molecule has 15 atom stereocenters. The van der Waals surface area contributed by atoms with Crippen LogP contribution in [0.2, 0.25) is 0 Å². The molecule has 0 aromatic rings. The average Bonchev–Trinajstić information content (AvgIpc) is 3.30. The van der Waals surface area contributed by atoms with E-state index in [1.165, 1.54) is 18.1 Å². The number of esters is 1. The van der Waals surface area contributed by atoms with Gasteiger partial charge in [0, 0.05) is 58.5 Å². The Morgan fingerprint density at radius 2 is 1.61 bits per heavy atom. The summed E-state index contributed by atoms with van der Waals surface area (Å²) in [6.07, 6.45) is 9.97. The molecule has 0 aromatic carbocycles. The summed E-state index contributed by atoms with van der Waals surface area (Å²) in [5.74, 6) is -8.64. The van der Waals surface area contributed by atoms with Gasteiger partial charge in [-0.2, -0.15) is 0 Å². The standard InChI is InChI=1S/C51H79NO14/c1-30-15-11-10-12-16-31(2)42(62-7)27-38-20-18-35(6)51(61,66-38)48(58)49(59)52-22-14-13-17-39(52)50(60)65-43(33(4)24-36-19-21-40(54)44(26-36)63-8)28-41(55)32(3)25-37(29-53)46(57)47(64-9)45(56)34(5)23-30/h10-12,15-16,25,30,32-36,38-40,42-44,46-47,53-54,57,61H,13-14,17-24,26-29H2,1-9H3/b12-10+,15-11+,31-16+,37-25+/t30-,32-,33-,34-,35-,36+,38+,39+,40-,42+,43+,44-,46-,47+,51-/m1/s1. The largest absolute Gasteiger partial charge is 0.460 e. The molecule has 4 aliphatic rings. The minimum atomic E-state index is -2.45. The highest BCUT2D eigenvalue weighted by Gasteiger charge is 2.53. The molecular formula is C51H79NO14. The summed E-state index contributed by atoms with van der Waals surface area (Å²) in [6, 6.07) is -1.17. The van der Waals surface area contributed by atoms with Gasteiger partial charge in [-0.3, -0.25) is 19.2 Å². The summed E-state index contributed by atoms with van der Waals surface area (Å²) in [5, 5.41) is 44.3. The van der Waals surface area contributed by atoms with Gasteiger partial charge in [0.1, 0.15) is 30.1 Å². The zero-order valence-corrected chi connectivity index (χ0v) is 40.8. The van der Waals surface area contributed by atoms with E-state index < -0.39 is 90.5 Å². The fourth-order valence-corrected chi connectivity index (χ4v) is 10.1. The number of fused-ring (bicyclic) bond motifs is 3. The quantitative estimate of drug-likeness (QED) is 0.148. The van der Waals surface area contributed by atoms with Crippen molar-refractivity contribution in [3.63, 3.8) is 0 Å². The lowest BCUT2D eigenvalue weighted by molar-refractivity contribution is -0.265. The number of aliphatic hydroxyl groups is 4. The molecule has 15 heteroatoms. The second kappa shape index (κ2) is 25.8. The molecule has 1 aliphatic carbocycles. The van der Waals surface area contributed by atoms with Crippen LogP contribution in [0, 0.1) is 35.5 Å². The van der Waals surface area contributed by atoms with Crippen LogP contribution < -0.4 is 0 Å². The van der Waals surface area contributed by atoms with Crippen molar-refractivity contribution in [1.82, 2.24) is 4.90 Å². The number of ether oxygens (including phenoxy) is 5. The smallest absolute Gasteiger partial charge is 0.329 e. The van der Waals surface area contributed by atoms with Gasteiger partial charge in [0.2, 0.25) is 5.79 Å². The summed E-state index contributed by atoms with van der Waals surface area (Å²) < 4.78 is 29.3. The predicted molar refractivity (Wildman–Crippen MR) is 247 cm³/mol. The lowest BCUT2D eigenvalue weighted by Crippen LogP contribution is -2.61. The molecule has 0 radical (unpaired) electrons. The third kappa shape index (κ3) is 14.3. The highest BCUT2D eigenvalue weighted by atomic mass is 16.6. The number of carbonyl (C=O) groups excluding carboxylic acids is 5. The van der Waals surface area contributed by atoms with Crippen LogP contribution >= 0.6 is 0 Å². The van der Waals surface area contributed by atoms with E-state index in [9.17, 15) is 44.4 Å². The van der Waals surface area contributed by atoms with Gasteiger partial charge in [0.05, 0.1) is 31.0 Å². The molecule has 4 rings (SSSR count). The second-order valence-electron chi connectivity index (χ2n) is 19.6. The molecule has 4 N–H and O–H groups in total. The topological polar surface area (TPSA) is 216 Å². The van der Waals surface area contributed by atoms with E-state index in [1.807, 2.05) is 51.2 Å². The van der Waals surface area contributed by atoms with E-state index in [4.69, 9.17) is 23.7 Å². The molecule has 66 heavy (non-hydrogen) atoms. The Labute approximate surface area is 392 Å². The molecular weight excluding hydrogens is 851 g/mol. The van der Waals surface area contributed by atoms with Gasteiger partial charge in [0.15, 0.2) is 5.78 Å². The number of hydrogen-bond acceptors (Lipinski definition) is 14. The highest BCUT2D eigenvalue weighted by molar-refractivity contribution is 6.39. The lowest BCUT2D eigenvalue weighted by Gasteiger charge is -2.42. The number of piperidine rings is 1. The van der Waals surface area contributed by atoms with Gasteiger partial charge in [-0.1, -0.05) is 71.1 Å². The number of amides is 1. The first-order valence-electron chi connectivity index (χ1n) is 24.1. The van der Waals surface area contributed by atoms with E-state index in [0.717, 1.165) is 5.57 Å². The first-order chi connectivity index (χ1) is 31.3. The van der Waals surface area contributed by atoms with Crippen LogP contribution in [0.3, 0.4) is 0 Å². The molecule has 15 nitrogen and oxygen atoms in total. The fourth-order valence-electron chi connectivity index (χ4n) is 10.1. The Balaban J connectivity index is 1.72. The monoisotopic (exact) mass is 930 g/mol. The predicted octanol–water partition coefficient (Wildman–Crippen LogP) is 5.15. The Morgan fingerprint density at radius 3 is 2.27 bits per heavy atom. The number of carbonyl (C=O) groups is 5. The summed E-state index contributed by atoms with van der Waals surface area (Å²) in [7, 11) is 4.43. The number of rotatable bonds is 7. The first-order valence-corrected chi connectivity index (χ1v) is 24.1. The van der Waals surface area contributed by atoms with Crippen molar-refractivity contribution in [3.8, 4) is 0 Å². The van der Waals surface area contributed by atoms with Gasteiger partial charge in [-0.05, 0) is 100 Å². The minimum Gasteiger partial charge on any atom is -0.460 e. The van der Waals surface area contributed by atoms with E-state index in [2.05, 4.69) is 0 Å². The number of aliphatic hydroxyl groups excluding tert-OH is 3. The number of cyclic esters (lactones) is 1.